The topological polar surface area (TPSA) is 57.0 Å². The third kappa shape index (κ3) is 4.45. The number of imidazole rings is 1. The quantitative estimate of drug-likeness (QED) is 0.187. The van der Waals surface area contributed by atoms with Gasteiger partial charge in [-0.25, -0.2) is 9.97 Å². The fourth-order valence-corrected chi connectivity index (χ4v) is 7.24. The molecule has 5 heteroatoms. The molecule has 0 saturated heterocycles. The zero-order chi connectivity index (χ0) is 38.6. The summed E-state index contributed by atoms with van der Waals surface area (Å²) in [7, 11) is 0. The molecule has 4 aromatic heterocycles. The predicted molar refractivity (Wildman–Crippen MR) is 202 cm³/mol. The lowest BCUT2D eigenvalue weighted by molar-refractivity contribution is 0.652. The van der Waals surface area contributed by atoms with E-state index in [1.54, 1.807) is 24.3 Å². The first-order valence-corrected chi connectivity index (χ1v) is 16.6. The van der Waals surface area contributed by atoms with Gasteiger partial charge in [0.15, 0.2) is 5.58 Å². The molecule has 9 aromatic rings. The molecule has 4 heterocycles. The van der Waals surface area contributed by atoms with E-state index < -0.39 is 13.7 Å². The van der Waals surface area contributed by atoms with Crippen molar-refractivity contribution in [3.05, 3.63) is 125 Å². The minimum atomic E-state index is -2.50. The molecule has 0 aliphatic heterocycles. The highest BCUT2D eigenvalue weighted by atomic mass is 16.3. The molecule has 49 heavy (non-hydrogen) atoms. The molecule has 0 bridgehead atoms. The van der Waals surface area contributed by atoms with E-state index in [4.69, 9.17) is 27.0 Å². The van der Waals surface area contributed by atoms with Gasteiger partial charge in [0.05, 0.1) is 33.1 Å². The summed E-state index contributed by atoms with van der Waals surface area (Å²) in [5.74, 6) is 0.484. The number of nitrogens with zero attached hydrogens (tertiary/aromatic N) is 3. The van der Waals surface area contributed by atoms with Crippen molar-refractivity contribution >= 4 is 55.2 Å². The normalized spacial score (nSPS) is 14.6. The van der Waals surface area contributed by atoms with Gasteiger partial charge in [-0.1, -0.05) is 94.4 Å². The van der Waals surface area contributed by atoms with Crippen LogP contribution in [0.4, 0.5) is 0 Å². The number of rotatable bonds is 5. The molecule has 0 fully saturated rings. The average molecular weight is 646 g/mol. The molecule has 5 aromatic carbocycles. The van der Waals surface area contributed by atoms with E-state index in [1.165, 1.54) is 0 Å². The number of pyridine rings is 1. The summed E-state index contributed by atoms with van der Waals surface area (Å²) in [5.41, 5.74) is 8.78. The van der Waals surface area contributed by atoms with Gasteiger partial charge in [0.2, 0.25) is 5.71 Å². The average Bonchev–Trinajstić information content (AvgIpc) is 3.83. The SMILES string of the molecule is [2H]C([2H])([2H])c1ccc(-c2nc3cccc(C([2H])([2H])[2H])c3n2-c2c(C(C)C)cc(-c3ccccc3)cc2C(C)C)c2oc3cc4c(nc3c12)oc1ccccc14. The number of hydrogen-bond acceptors (Lipinski definition) is 4. The summed E-state index contributed by atoms with van der Waals surface area (Å²) in [6.45, 7) is 3.57. The van der Waals surface area contributed by atoms with Gasteiger partial charge in [0, 0.05) is 13.6 Å². The number of hydrogen-bond donors (Lipinski definition) is 0. The third-order valence-electron chi connectivity index (χ3n) is 9.60. The van der Waals surface area contributed by atoms with Crippen LogP contribution in [0.2, 0.25) is 0 Å². The molecular formula is C44H37N3O2. The molecule has 240 valence electrons. The van der Waals surface area contributed by atoms with Gasteiger partial charge in [-0.15, -0.1) is 0 Å². The lowest BCUT2D eigenvalue weighted by Gasteiger charge is -2.25. The molecule has 5 nitrogen and oxygen atoms in total. The van der Waals surface area contributed by atoms with Crippen LogP contribution in [0.3, 0.4) is 0 Å². The van der Waals surface area contributed by atoms with Crippen LogP contribution >= 0.6 is 0 Å². The van der Waals surface area contributed by atoms with Gasteiger partial charge in [-0.05, 0) is 95.3 Å². The fourth-order valence-electron chi connectivity index (χ4n) is 7.24. The van der Waals surface area contributed by atoms with Crippen LogP contribution < -0.4 is 0 Å². The second-order valence-corrected chi connectivity index (χ2v) is 13.4. The summed E-state index contributed by atoms with van der Waals surface area (Å²) < 4.78 is 66.4. The van der Waals surface area contributed by atoms with Gasteiger partial charge in [-0.2, -0.15) is 0 Å². The van der Waals surface area contributed by atoms with Gasteiger partial charge in [0.1, 0.15) is 22.5 Å². The van der Waals surface area contributed by atoms with Crippen molar-refractivity contribution in [2.45, 2.75) is 53.2 Å². The van der Waals surface area contributed by atoms with Crippen molar-refractivity contribution in [2.24, 2.45) is 0 Å². The molecule has 9 rings (SSSR count). The van der Waals surface area contributed by atoms with E-state index in [9.17, 15) is 0 Å². The number of furan rings is 2. The van der Waals surface area contributed by atoms with Crippen LogP contribution in [0.1, 0.15) is 70.0 Å². The standard InChI is InChI=1S/C44H37N3O2/c1-24(2)32-21-29(28-14-8-7-9-15-28)22-33(25(3)4)41(32)47-40-27(6)13-12-17-35(40)45-43(47)31-20-19-26(5)38-39-37(48-42(31)38)23-34-30-16-10-11-18-36(30)49-44(34)46-39/h7-25H,1-6H3/i5D3,6D3. The number of fused-ring (bicyclic) bond motifs is 7. The van der Waals surface area contributed by atoms with Crippen molar-refractivity contribution in [1.29, 1.82) is 0 Å². The summed E-state index contributed by atoms with van der Waals surface area (Å²) in [6, 6.07) is 32.5. The van der Waals surface area contributed by atoms with Gasteiger partial charge in [0.25, 0.3) is 0 Å². The highest BCUT2D eigenvalue weighted by molar-refractivity contribution is 6.14. The fraction of sp³-hybridized carbons (Fsp3) is 0.182. The number of aromatic nitrogens is 3. The van der Waals surface area contributed by atoms with Gasteiger partial charge < -0.3 is 8.83 Å². The Hall–Kier alpha value is -5.68. The summed E-state index contributed by atoms with van der Waals surface area (Å²) >= 11 is 0. The van der Waals surface area contributed by atoms with E-state index in [1.807, 2.05) is 59.2 Å². The Balaban J connectivity index is 1.44. The molecule has 0 unspecified atom stereocenters. The van der Waals surface area contributed by atoms with E-state index in [0.29, 0.717) is 50.2 Å². The van der Waals surface area contributed by atoms with Gasteiger partial charge >= 0.3 is 0 Å². The van der Waals surface area contributed by atoms with Crippen molar-refractivity contribution in [2.75, 3.05) is 0 Å². The van der Waals surface area contributed by atoms with Crippen LogP contribution in [0, 0.1) is 13.7 Å². The van der Waals surface area contributed by atoms with Crippen LogP contribution in [0.15, 0.2) is 112 Å². The monoisotopic (exact) mass is 645 g/mol. The van der Waals surface area contributed by atoms with E-state index >= 15 is 0 Å². The Morgan fingerprint density at radius 2 is 1.41 bits per heavy atom. The molecule has 0 radical (unpaired) electrons. The summed E-state index contributed by atoms with van der Waals surface area (Å²) in [6.07, 6.45) is 0. The lowest BCUT2D eigenvalue weighted by atomic mass is 9.88. The first-order valence-electron chi connectivity index (χ1n) is 19.6. The Morgan fingerprint density at radius 1 is 0.653 bits per heavy atom. The van der Waals surface area contributed by atoms with E-state index in [0.717, 1.165) is 38.7 Å². The molecule has 0 amide bonds. The van der Waals surface area contributed by atoms with Crippen molar-refractivity contribution in [3.8, 4) is 28.2 Å². The Labute approximate surface area is 293 Å². The summed E-state index contributed by atoms with van der Waals surface area (Å²) in [4.78, 5) is 10.1. The Bertz CT molecular complexity index is 2940. The molecule has 0 spiro atoms. The molecule has 0 saturated carbocycles. The molecular weight excluding hydrogens is 603 g/mol. The van der Waals surface area contributed by atoms with Crippen molar-refractivity contribution < 1.29 is 17.1 Å². The van der Waals surface area contributed by atoms with Crippen LogP contribution in [-0.2, 0) is 0 Å². The second-order valence-electron chi connectivity index (χ2n) is 13.4. The minimum Gasteiger partial charge on any atom is -0.454 e. The highest BCUT2D eigenvalue weighted by Crippen LogP contribution is 2.44. The van der Waals surface area contributed by atoms with Crippen molar-refractivity contribution in [1.82, 2.24) is 14.5 Å². The maximum Gasteiger partial charge on any atom is 0.228 e. The van der Waals surface area contributed by atoms with Crippen molar-refractivity contribution in [3.63, 3.8) is 0 Å². The summed E-state index contributed by atoms with van der Waals surface area (Å²) in [5, 5.41) is 1.94. The first-order chi connectivity index (χ1) is 26.2. The highest BCUT2D eigenvalue weighted by Gasteiger charge is 2.27. The van der Waals surface area contributed by atoms with E-state index in [-0.39, 0.29) is 28.5 Å². The molecule has 0 atom stereocenters. The second kappa shape index (κ2) is 10.9. The maximum atomic E-state index is 8.66. The molecule has 0 N–H and O–H groups in total. The van der Waals surface area contributed by atoms with Crippen LogP contribution in [0.5, 0.6) is 0 Å². The lowest BCUT2D eigenvalue weighted by Crippen LogP contribution is -2.10. The zero-order valence-corrected chi connectivity index (χ0v) is 27.6. The van der Waals surface area contributed by atoms with Crippen LogP contribution in [-0.4, -0.2) is 14.5 Å². The largest absolute Gasteiger partial charge is 0.454 e. The number of para-hydroxylation sites is 2. The Kier molecular flexibility index (Phi) is 5.27. The number of benzene rings is 5. The van der Waals surface area contributed by atoms with Gasteiger partial charge in [-0.3, -0.25) is 4.57 Å². The van der Waals surface area contributed by atoms with Crippen LogP contribution in [0.25, 0.3) is 83.4 Å². The minimum absolute atomic E-state index is 0.0278. The maximum absolute atomic E-state index is 8.66. The predicted octanol–water partition coefficient (Wildman–Crippen LogP) is 12.4. The zero-order valence-electron chi connectivity index (χ0n) is 33.6. The first kappa shape index (κ1) is 23.6. The molecule has 0 aliphatic rings. The third-order valence-corrected chi connectivity index (χ3v) is 9.60. The molecule has 0 aliphatic carbocycles. The number of aryl methyl sites for hydroxylation is 2. The smallest absolute Gasteiger partial charge is 0.228 e. The van der Waals surface area contributed by atoms with E-state index in [2.05, 4.69) is 52.0 Å². The Morgan fingerprint density at radius 3 is 2.16 bits per heavy atom.